The van der Waals surface area contributed by atoms with E-state index >= 15 is 0 Å². The molecule has 0 aromatic rings. The molecule has 0 spiro atoms. The van der Waals surface area contributed by atoms with E-state index in [0.29, 0.717) is 0 Å². The molecule has 5 nitrogen and oxygen atoms in total. The van der Waals surface area contributed by atoms with Crippen molar-refractivity contribution in [3.8, 4) is 0 Å². The molecule has 0 saturated heterocycles. The van der Waals surface area contributed by atoms with Crippen LogP contribution in [0, 0.1) is 0 Å². The van der Waals surface area contributed by atoms with Crippen LogP contribution in [0.25, 0.3) is 0 Å². The molecule has 0 fully saturated rings. The first kappa shape index (κ1) is 40.7. The van der Waals surface area contributed by atoms with Crippen molar-refractivity contribution in [1.82, 2.24) is 4.90 Å². The van der Waals surface area contributed by atoms with Gasteiger partial charge in [0.15, 0.2) is 0 Å². The van der Waals surface area contributed by atoms with Gasteiger partial charge in [0.25, 0.3) is 0 Å². The van der Waals surface area contributed by atoms with Crippen LogP contribution >= 0.6 is 0 Å². The fourth-order valence-corrected chi connectivity index (χ4v) is 5.16. The van der Waals surface area contributed by atoms with Gasteiger partial charge >= 0.3 is 35.5 Å². The minimum absolute atomic E-state index is 0. The SMILES string of the molecule is CCCCCCCCCCCCCCCCCC(=O)N(C(=O)CCCCCCCCCCC)C(C)C(=O)O.[NaH]. The van der Waals surface area contributed by atoms with Gasteiger partial charge in [-0.1, -0.05) is 155 Å². The van der Waals surface area contributed by atoms with Crippen LogP contribution in [0.4, 0.5) is 0 Å². The van der Waals surface area contributed by atoms with Gasteiger partial charge in [-0.15, -0.1) is 0 Å². The molecule has 1 N–H and O–H groups in total. The number of amides is 2. The zero-order valence-electron chi connectivity index (χ0n) is 25.6. The second kappa shape index (κ2) is 30.6. The van der Waals surface area contributed by atoms with Gasteiger partial charge in [-0.3, -0.25) is 14.5 Å². The van der Waals surface area contributed by atoms with Gasteiger partial charge in [0.05, 0.1) is 0 Å². The topological polar surface area (TPSA) is 74.7 Å². The van der Waals surface area contributed by atoms with E-state index in [1.54, 1.807) is 0 Å². The normalized spacial score (nSPS) is 11.7. The van der Waals surface area contributed by atoms with Crippen LogP contribution in [0.5, 0.6) is 0 Å². The summed E-state index contributed by atoms with van der Waals surface area (Å²) in [7, 11) is 0. The van der Waals surface area contributed by atoms with E-state index in [0.717, 1.165) is 43.4 Å². The predicted molar refractivity (Wildman–Crippen MR) is 167 cm³/mol. The first-order valence-corrected chi connectivity index (χ1v) is 16.5. The van der Waals surface area contributed by atoms with Crippen LogP contribution in [-0.4, -0.2) is 63.4 Å². The maximum absolute atomic E-state index is 12.8. The number of aliphatic carboxylic acids is 1. The van der Waals surface area contributed by atoms with Crippen molar-refractivity contribution in [3.05, 3.63) is 0 Å². The van der Waals surface area contributed by atoms with Gasteiger partial charge in [0.2, 0.25) is 11.8 Å². The third-order valence-electron chi connectivity index (χ3n) is 7.77. The fraction of sp³-hybridized carbons (Fsp3) is 0.909. The van der Waals surface area contributed by atoms with Crippen molar-refractivity contribution in [2.24, 2.45) is 0 Å². The predicted octanol–water partition coefficient (Wildman–Crippen LogP) is 9.35. The van der Waals surface area contributed by atoms with Gasteiger partial charge in [0, 0.05) is 12.8 Å². The Hall–Kier alpha value is -0.390. The minimum atomic E-state index is -1.12. The average Bonchev–Trinajstić information content (AvgIpc) is 2.90. The molecule has 226 valence electrons. The number of imide groups is 1. The number of hydrogen-bond acceptors (Lipinski definition) is 3. The van der Waals surface area contributed by atoms with Crippen molar-refractivity contribution in [1.29, 1.82) is 0 Å². The number of hydrogen-bond donors (Lipinski definition) is 1. The Morgan fingerprint density at radius 3 is 0.949 bits per heavy atom. The molecule has 0 aromatic heterocycles. The summed E-state index contributed by atoms with van der Waals surface area (Å²) in [5.41, 5.74) is 0. The monoisotopic (exact) mass is 561 g/mol. The molecule has 1 atom stereocenters. The number of unbranched alkanes of at least 4 members (excludes halogenated alkanes) is 22. The molecule has 0 bridgehead atoms. The zero-order valence-corrected chi connectivity index (χ0v) is 25.6. The zero-order chi connectivity index (χ0) is 28.3. The quantitative estimate of drug-likeness (QED) is 0.0763. The van der Waals surface area contributed by atoms with Gasteiger partial charge in [-0.05, 0) is 19.8 Å². The molecular weight excluding hydrogens is 497 g/mol. The fourth-order valence-electron chi connectivity index (χ4n) is 5.16. The summed E-state index contributed by atoms with van der Waals surface area (Å²) < 4.78 is 0. The first-order valence-electron chi connectivity index (χ1n) is 16.5. The van der Waals surface area contributed by atoms with Crippen LogP contribution in [0.15, 0.2) is 0 Å². The Morgan fingerprint density at radius 2 is 0.718 bits per heavy atom. The van der Waals surface area contributed by atoms with E-state index in [2.05, 4.69) is 13.8 Å². The van der Waals surface area contributed by atoms with Gasteiger partial charge in [0.1, 0.15) is 6.04 Å². The molecule has 0 radical (unpaired) electrons. The molecule has 0 rings (SSSR count). The Bertz CT molecular complexity index is 584. The van der Waals surface area contributed by atoms with Crippen LogP contribution in [-0.2, 0) is 14.4 Å². The molecule has 0 heterocycles. The third kappa shape index (κ3) is 25.1. The summed E-state index contributed by atoms with van der Waals surface area (Å²) in [5.74, 6) is -1.76. The first-order chi connectivity index (χ1) is 18.5. The summed E-state index contributed by atoms with van der Waals surface area (Å²) in [4.78, 5) is 38.1. The van der Waals surface area contributed by atoms with Crippen molar-refractivity contribution in [2.45, 2.75) is 194 Å². The third-order valence-corrected chi connectivity index (χ3v) is 7.77. The number of carboxylic acid groups (broad SMARTS) is 1. The summed E-state index contributed by atoms with van der Waals surface area (Å²) >= 11 is 0. The van der Waals surface area contributed by atoms with Gasteiger partial charge < -0.3 is 5.11 Å². The summed E-state index contributed by atoms with van der Waals surface area (Å²) in [6.45, 7) is 5.93. The maximum atomic E-state index is 12.8. The Morgan fingerprint density at radius 1 is 0.487 bits per heavy atom. The Balaban J connectivity index is 0. The van der Waals surface area contributed by atoms with Crippen molar-refractivity contribution >= 4 is 47.3 Å². The average molecular weight is 562 g/mol. The molecule has 6 heteroatoms. The molecule has 1 unspecified atom stereocenters. The second-order valence-corrected chi connectivity index (χ2v) is 11.4. The van der Waals surface area contributed by atoms with Crippen LogP contribution < -0.4 is 0 Å². The van der Waals surface area contributed by atoms with E-state index in [1.165, 1.54) is 122 Å². The molecule has 0 saturated carbocycles. The summed E-state index contributed by atoms with van der Waals surface area (Å²) in [5, 5.41) is 9.44. The standard InChI is InChI=1S/C33H63NO4.Na.H/c1-4-6-8-10-12-14-15-16-17-18-19-21-23-25-27-29-32(36)34(30(3)33(37)38)31(35)28-26-24-22-20-13-11-9-7-5-2;;/h30H,4-29H2,1-3H3,(H,37,38);;. The van der Waals surface area contributed by atoms with E-state index in [-0.39, 0.29) is 54.2 Å². The van der Waals surface area contributed by atoms with Crippen LogP contribution in [0.3, 0.4) is 0 Å². The second-order valence-electron chi connectivity index (χ2n) is 11.4. The van der Waals surface area contributed by atoms with E-state index in [9.17, 15) is 19.5 Å². The molecule has 2 amide bonds. The summed E-state index contributed by atoms with van der Waals surface area (Å²) in [6.07, 6.45) is 29.8. The summed E-state index contributed by atoms with van der Waals surface area (Å²) in [6, 6.07) is -1.09. The molecule has 0 aliphatic heterocycles. The van der Waals surface area contributed by atoms with Crippen molar-refractivity contribution < 1.29 is 19.5 Å². The Kier molecular flexibility index (Phi) is 31.9. The van der Waals surface area contributed by atoms with Gasteiger partial charge in [-0.25, -0.2) is 4.79 Å². The number of carbonyl (C=O) groups excluding carboxylic acids is 2. The van der Waals surface area contributed by atoms with Crippen LogP contribution in [0.2, 0.25) is 0 Å². The van der Waals surface area contributed by atoms with Crippen molar-refractivity contribution in [3.63, 3.8) is 0 Å². The molecule has 0 aromatic carbocycles. The van der Waals surface area contributed by atoms with Crippen LogP contribution in [0.1, 0.15) is 188 Å². The van der Waals surface area contributed by atoms with Gasteiger partial charge in [-0.2, -0.15) is 0 Å². The van der Waals surface area contributed by atoms with E-state index < -0.39 is 12.0 Å². The Labute approximate surface area is 264 Å². The number of carboxylic acids is 1. The molecule has 39 heavy (non-hydrogen) atoms. The van der Waals surface area contributed by atoms with Crippen molar-refractivity contribution in [2.75, 3.05) is 0 Å². The van der Waals surface area contributed by atoms with E-state index in [4.69, 9.17) is 0 Å². The van der Waals surface area contributed by atoms with E-state index in [1.807, 2.05) is 0 Å². The number of nitrogens with zero attached hydrogens (tertiary/aromatic N) is 1. The number of rotatable bonds is 28. The molecular formula is C33H64NNaO4. The number of carbonyl (C=O) groups is 3. The molecule has 0 aliphatic carbocycles. The molecule has 0 aliphatic rings.